The molecule has 3 fully saturated rings. The zero-order valence-corrected chi connectivity index (χ0v) is 22.2. The molecule has 0 N–H and O–H groups in total. The lowest BCUT2D eigenvalue weighted by Gasteiger charge is -2.47. The standard InChI is InChI=1S/C31H56N2/c1-27-15-11-7-6-9-13-17-29-25-32-20-14-10-5-3-2-4-8-12-16-28-23-30(31(29)19-22-32)26-33(24-28)21-18-27/h4,8,27-31H,2-3,5-7,9-26H2,1H3. The Balaban J connectivity index is 1.49. The Morgan fingerprint density at radius 3 is 2.21 bits per heavy atom. The highest BCUT2D eigenvalue weighted by Crippen LogP contribution is 2.40. The average Bonchev–Trinajstić information content (AvgIpc) is 2.82. The van der Waals surface area contributed by atoms with E-state index >= 15 is 0 Å². The molecule has 0 aromatic heterocycles. The lowest BCUT2D eigenvalue weighted by Crippen LogP contribution is -2.49. The SMILES string of the molecule is CC1CCCCCCCC2CN3CCCCCCC=CCCC4CC(CN(CC1)C4)C2CC3. The molecule has 5 aliphatic heterocycles. The van der Waals surface area contributed by atoms with Gasteiger partial charge in [0.25, 0.3) is 0 Å². The summed E-state index contributed by atoms with van der Waals surface area (Å²) in [6.07, 6.45) is 29.7. The van der Waals surface area contributed by atoms with Crippen LogP contribution in [0.25, 0.3) is 0 Å². The fourth-order valence-electron chi connectivity index (χ4n) is 7.80. The molecule has 7 atom stereocenters. The number of piperidine rings is 2. The highest BCUT2D eigenvalue weighted by molar-refractivity contribution is 4.92. The third-order valence-corrected chi connectivity index (χ3v) is 9.84. The van der Waals surface area contributed by atoms with Crippen LogP contribution in [0.4, 0.5) is 0 Å². The monoisotopic (exact) mass is 456 g/mol. The Labute approximate surface area is 206 Å². The Bertz CT molecular complexity index is 557. The Hall–Kier alpha value is -0.340. The Morgan fingerprint density at radius 2 is 1.27 bits per heavy atom. The molecule has 0 radical (unpaired) electrons. The van der Waals surface area contributed by atoms with Crippen molar-refractivity contribution in [3.8, 4) is 0 Å². The van der Waals surface area contributed by atoms with Crippen LogP contribution in [0.2, 0.25) is 0 Å². The third kappa shape index (κ3) is 8.68. The predicted molar refractivity (Wildman–Crippen MR) is 144 cm³/mol. The van der Waals surface area contributed by atoms with Crippen molar-refractivity contribution in [3.05, 3.63) is 12.2 Å². The van der Waals surface area contributed by atoms with Crippen molar-refractivity contribution in [3.63, 3.8) is 0 Å². The van der Waals surface area contributed by atoms with E-state index in [9.17, 15) is 0 Å². The van der Waals surface area contributed by atoms with Crippen LogP contribution in [-0.4, -0.2) is 49.1 Å². The number of allylic oxidation sites excluding steroid dienone is 2. The molecule has 0 saturated carbocycles. The quantitative estimate of drug-likeness (QED) is 0.341. The van der Waals surface area contributed by atoms with Crippen LogP contribution in [0.1, 0.15) is 116 Å². The summed E-state index contributed by atoms with van der Waals surface area (Å²) in [7, 11) is 0. The van der Waals surface area contributed by atoms with Crippen LogP contribution in [0, 0.1) is 29.6 Å². The first-order chi connectivity index (χ1) is 16.3. The van der Waals surface area contributed by atoms with Gasteiger partial charge in [-0.25, -0.2) is 0 Å². The van der Waals surface area contributed by atoms with Gasteiger partial charge in [0.05, 0.1) is 0 Å². The van der Waals surface area contributed by atoms with Crippen molar-refractivity contribution in [1.29, 1.82) is 0 Å². The summed E-state index contributed by atoms with van der Waals surface area (Å²) in [4.78, 5) is 5.82. The first-order valence-corrected chi connectivity index (χ1v) is 15.4. The summed E-state index contributed by atoms with van der Waals surface area (Å²) in [6.45, 7) is 10.9. The van der Waals surface area contributed by atoms with Crippen molar-refractivity contribution >= 4 is 0 Å². The molecule has 6 bridgehead atoms. The zero-order chi connectivity index (χ0) is 22.7. The normalized spacial score (nSPS) is 40.7. The minimum Gasteiger partial charge on any atom is -0.303 e. The van der Waals surface area contributed by atoms with E-state index in [2.05, 4.69) is 28.9 Å². The maximum atomic E-state index is 2.94. The van der Waals surface area contributed by atoms with E-state index in [1.54, 1.807) is 0 Å². The summed E-state index contributed by atoms with van der Waals surface area (Å²) in [5.41, 5.74) is 0. The molecule has 5 rings (SSSR count). The molecule has 0 aromatic rings. The van der Waals surface area contributed by atoms with Gasteiger partial charge < -0.3 is 9.80 Å². The second-order valence-corrected chi connectivity index (χ2v) is 12.6. The highest BCUT2D eigenvalue weighted by atomic mass is 15.1. The first kappa shape index (κ1) is 25.7. The number of hydrogen-bond donors (Lipinski definition) is 0. The fraction of sp³-hybridized carbons (Fsp3) is 0.935. The average molecular weight is 457 g/mol. The van der Waals surface area contributed by atoms with Crippen molar-refractivity contribution in [1.82, 2.24) is 9.80 Å². The molecule has 0 aromatic carbocycles. The minimum absolute atomic E-state index is 0.919. The summed E-state index contributed by atoms with van der Waals surface area (Å²) in [5, 5.41) is 0. The van der Waals surface area contributed by atoms with E-state index < -0.39 is 0 Å². The van der Waals surface area contributed by atoms with Crippen LogP contribution in [0.15, 0.2) is 12.2 Å². The molecule has 2 heteroatoms. The lowest BCUT2D eigenvalue weighted by atomic mass is 9.69. The smallest absolute Gasteiger partial charge is 0.00127 e. The molecule has 0 spiro atoms. The van der Waals surface area contributed by atoms with Gasteiger partial charge in [-0.1, -0.05) is 70.4 Å². The molecule has 2 nitrogen and oxygen atoms in total. The van der Waals surface area contributed by atoms with E-state index in [4.69, 9.17) is 0 Å². The van der Waals surface area contributed by atoms with E-state index in [0.717, 1.165) is 29.6 Å². The summed E-state index contributed by atoms with van der Waals surface area (Å²) >= 11 is 0. The van der Waals surface area contributed by atoms with Crippen LogP contribution in [0.3, 0.4) is 0 Å². The highest BCUT2D eigenvalue weighted by Gasteiger charge is 2.38. The van der Waals surface area contributed by atoms with Gasteiger partial charge in [-0.3, -0.25) is 0 Å². The topological polar surface area (TPSA) is 6.48 Å². The van der Waals surface area contributed by atoms with Gasteiger partial charge in [0, 0.05) is 19.6 Å². The summed E-state index contributed by atoms with van der Waals surface area (Å²) in [5.74, 6) is 4.80. The lowest BCUT2D eigenvalue weighted by molar-refractivity contribution is 0.0182. The molecule has 5 aliphatic rings. The molecular formula is C31H56N2. The van der Waals surface area contributed by atoms with E-state index in [1.807, 2.05) is 0 Å². The van der Waals surface area contributed by atoms with Gasteiger partial charge in [0.1, 0.15) is 0 Å². The van der Waals surface area contributed by atoms with Crippen molar-refractivity contribution < 1.29 is 0 Å². The van der Waals surface area contributed by atoms with Gasteiger partial charge in [-0.15, -0.1) is 0 Å². The van der Waals surface area contributed by atoms with Gasteiger partial charge in [0.2, 0.25) is 0 Å². The van der Waals surface area contributed by atoms with Crippen molar-refractivity contribution in [2.24, 2.45) is 29.6 Å². The van der Waals surface area contributed by atoms with Gasteiger partial charge in [0.15, 0.2) is 0 Å². The fourth-order valence-corrected chi connectivity index (χ4v) is 7.80. The number of nitrogens with zero attached hydrogens (tertiary/aromatic N) is 2. The van der Waals surface area contributed by atoms with Crippen molar-refractivity contribution in [2.45, 2.75) is 116 Å². The minimum atomic E-state index is 0.919. The van der Waals surface area contributed by atoms with Crippen LogP contribution < -0.4 is 0 Å². The summed E-state index contributed by atoms with van der Waals surface area (Å²) < 4.78 is 0. The maximum absolute atomic E-state index is 2.94. The Kier molecular flexibility index (Phi) is 11.1. The molecule has 0 amide bonds. The third-order valence-electron chi connectivity index (χ3n) is 9.84. The molecule has 3 saturated heterocycles. The number of rotatable bonds is 0. The maximum Gasteiger partial charge on any atom is 0.00127 e. The largest absolute Gasteiger partial charge is 0.303 e. The second-order valence-electron chi connectivity index (χ2n) is 12.6. The second kappa shape index (κ2) is 14.3. The molecular weight excluding hydrogens is 400 g/mol. The van der Waals surface area contributed by atoms with Crippen molar-refractivity contribution in [2.75, 3.05) is 39.3 Å². The van der Waals surface area contributed by atoms with E-state index in [1.165, 1.54) is 148 Å². The number of hydrogen-bond acceptors (Lipinski definition) is 2. The first-order valence-electron chi connectivity index (χ1n) is 15.4. The summed E-state index contributed by atoms with van der Waals surface area (Å²) in [6, 6.07) is 0. The van der Waals surface area contributed by atoms with E-state index in [-0.39, 0.29) is 0 Å². The van der Waals surface area contributed by atoms with Crippen LogP contribution in [-0.2, 0) is 0 Å². The Morgan fingerprint density at radius 1 is 0.545 bits per heavy atom. The van der Waals surface area contributed by atoms with Gasteiger partial charge >= 0.3 is 0 Å². The van der Waals surface area contributed by atoms with Crippen LogP contribution in [0.5, 0.6) is 0 Å². The van der Waals surface area contributed by atoms with Gasteiger partial charge in [-0.2, -0.15) is 0 Å². The molecule has 190 valence electrons. The molecule has 7 unspecified atom stereocenters. The molecule has 5 heterocycles. The van der Waals surface area contributed by atoms with Gasteiger partial charge in [-0.05, 0) is 107 Å². The number of fused-ring (bicyclic) bond motifs is 10. The molecule has 0 aliphatic carbocycles. The molecule has 33 heavy (non-hydrogen) atoms. The predicted octanol–water partition coefficient (Wildman–Crippen LogP) is 7.93. The zero-order valence-electron chi connectivity index (χ0n) is 22.2. The van der Waals surface area contributed by atoms with Crippen LogP contribution >= 0.6 is 0 Å². The van der Waals surface area contributed by atoms with E-state index in [0.29, 0.717) is 0 Å².